The Labute approximate surface area is 181 Å². The number of aromatic nitrogens is 3. The van der Waals surface area contributed by atoms with Crippen molar-refractivity contribution in [1.82, 2.24) is 25.2 Å². The van der Waals surface area contributed by atoms with Crippen molar-refractivity contribution in [2.45, 2.75) is 25.8 Å². The summed E-state index contributed by atoms with van der Waals surface area (Å²) < 4.78 is 11.2. The van der Waals surface area contributed by atoms with Gasteiger partial charge in [-0.2, -0.15) is 0 Å². The highest BCUT2D eigenvalue weighted by Crippen LogP contribution is 2.33. The molecule has 0 saturated heterocycles. The Morgan fingerprint density at radius 2 is 2.16 bits per heavy atom. The average Bonchev–Trinajstić information content (AvgIpc) is 3.16. The van der Waals surface area contributed by atoms with Gasteiger partial charge in [-0.05, 0) is 51.1 Å². The molecule has 4 rings (SSSR count). The predicted molar refractivity (Wildman–Crippen MR) is 119 cm³/mol. The molecule has 3 heterocycles. The van der Waals surface area contributed by atoms with Gasteiger partial charge in [0.05, 0.1) is 12.5 Å². The van der Waals surface area contributed by atoms with E-state index >= 15 is 0 Å². The SMILES string of the molecule is COc1ccc2cc1OCC(=O)N[C@@H](C)CN(C)CCCc1c[nH]c3ncnc(c13)N2. The smallest absolute Gasteiger partial charge is 0.258 e. The van der Waals surface area contributed by atoms with E-state index in [0.29, 0.717) is 11.5 Å². The van der Waals surface area contributed by atoms with E-state index in [-0.39, 0.29) is 18.6 Å². The number of aryl methyl sites for hydroxylation is 1. The third-order valence-electron chi connectivity index (χ3n) is 5.32. The number of fused-ring (bicyclic) bond motifs is 2. The monoisotopic (exact) mass is 424 g/mol. The lowest BCUT2D eigenvalue weighted by Crippen LogP contribution is -2.42. The second-order valence-corrected chi connectivity index (χ2v) is 7.87. The lowest BCUT2D eigenvalue weighted by Gasteiger charge is -2.22. The van der Waals surface area contributed by atoms with E-state index < -0.39 is 0 Å². The lowest BCUT2D eigenvalue weighted by atomic mass is 10.1. The first-order valence-corrected chi connectivity index (χ1v) is 10.4. The van der Waals surface area contributed by atoms with Crippen LogP contribution in [0.1, 0.15) is 18.9 Å². The molecule has 3 aromatic rings. The Morgan fingerprint density at radius 1 is 1.29 bits per heavy atom. The second kappa shape index (κ2) is 9.22. The number of nitrogens with one attached hydrogen (secondary N) is 3. The van der Waals surface area contributed by atoms with Gasteiger partial charge < -0.3 is 30.0 Å². The fraction of sp³-hybridized carbons (Fsp3) is 0.409. The second-order valence-electron chi connectivity index (χ2n) is 7.87. The maximum Gasteiger partial charge on any atom is 0.258 e. The number of carbonyl (C=O) groups is 1. The van der Waals surface area contributed by atoms with Crippen LogP contribution in [0.15, 0.2) is 30.7 Å². The van der Waals surface area contributed by atoms with Crippen molar-refractivity contribution in [2.75, 3.05) is 39.2 Å². The highest BCUT2D eigenvalue weighted by atomic mass is 16.5. The van der Waals surface area contributed by atoms with Gasteiger partial charge in [-0.25, -0.2) is 9.97 Å². The van der Waals surface area contributed by atoms with Crippen LogP contribution in [0.25, 0.3) is 11.0 Å². The first-order valence-electron chi connectivity index (χ1n) is 10.4. The molecule has 2 bridgehead atoms. The Balaban J connectivity index is 1.70. The van der Waals surface area contributed by atoms with Crippen molar-refractivity contribution in [3.05, 3.63) is 36.3 Å². The number of likely N-dealkylation sites (N-methyl/N-ethyl adjacent to an activating group) is 1. The molecule has 0 aliphatic carbocycles. The third kappa shape index (κ3) is 4.88. The molecule has 31 heavy (non-hydrogen) atoms. The number of nitrogens with zero attached hydrogens (tertiary/aromatic N) is 3. The zero-order chi connectivity index (χ0) is 21.8. The molecule has 0 saturated carbocycles. The maximum atomic E-state index is 12.4. The molecule has 1 atom stereocenters. The van der Waals surface area contributed by atoms with Crippen molar-refractivity contribution in [3.63, 3.8) is 0 Å². The van der Waals surface area contributed by atoms with Gasteiger partial charge in [0, 0.05) is 30.5 Å². The van der Waals surface area contributed by atoms with Crippen LogP contribution in [0.2, 0.25) is 0 Å². The fourth-order valence-corrected chi connectivity index (χ4v) is 3.93. The van der Waals surface area contributed by atoms with Crippen molar-refractivity contribution >= 4 is 28.4 Å². The number of hydrogen-bond acceptors (Lipinski definition) is 7. The highest BCUT2D eigenvalue weighted by molar-refractivity contribution is 5.92. The predicted octanol–water partition coefficient (Wildman–Crippen LogP) is 2.47. The van der Waals surface area contributed by atoms with E-state index in [9.17, 15) is 4.79 Å². The van der Waals surface area contributed by atoms with Gasteiger partial charge in [0.15, 0.2) is 18.1 Å². The number of aromatic amines is 1. The van der Waals surface area contributed by atoms with Gasteiger partial charge in [-0.1, -0.05) is 0 Å². The molecular weight excluding hydrogens is 396 g/mol. The van der Waals surface area contributed by atoms with Gasteiger partial charge in [-0.15, -0.1) is 0 Å². The molecule has 0 spiro atoms. The number of methoxy groups -OCH3 is 1. The number of rotatable bonds is 1. The molecule has 164 valence electrons. The summed E-state index contributed by atoms with van der Waals surface area (Å²) in [6, 6.07) is 5.51. The molecule has 1 aliphatic rings. The summed E-state index contributed by atoms with van der Waals surface area (Å²) >= 11 is 0. The minimum atomic E-state index is -0.168. The number of anilines is 2. The van der Waals surface area contributed by atoms with E-state index in [1.54, 1.807) is 13.2 Å². The summed E-state index contributed by atoms with van der Waals surface area (Å²) in [5, 5.41) is 7.34. The zero-order valence-corrected chi connectivity index (χ0v) is 18.1. The molecule has 1 amide bonds. The van der Waals surface area contributed by atoms with Crippen molar-refractivity contribution < 1.29 is 14.3 Å². The minimum absolute atomic E-state index is 0.0137. The normalized spacial score (nSPS) is 18.5. The Morgan fingerprint density at radius 3 is 3.00 bits per heavy atom. The van der Waals surface area contributed by atoms with Gasteiger partial charge in [-0.3, -0.25) is 4.79 Å². The highest BCUT2D eigenvalue weighted by Gasteiger charge is 2.16. The quantitative estimate of drug-likeness (QED) is 0.551. The van der Waals surface area contributed by atoms with E-state index in [0.717, 1.165) is 48.5 Å². The Kier molecular flexibility index (Phi) is 6.22. The number of H-pyrrole nitrogens is 1. The largest absolute Gasteiger partial charge is 0.493 e. The van der Waals surface area contributed by atoms with Gasteiger partial charge in [0.1, 0.15) is 17.8 Å². The first-order chi connectivity index (χ1) is 15.0. The standard InChI is InChI=1S/C22H28N6O3/c1-14-11-28(2)8-4-5-15-10-23-21-20(15)22(25-13-24-21)27-16-6-7-17(30-3)18(9-16)31-12-19(29)26-14/h6-7,9-10,13-14H,4-5,8,11-12H2,1-3H3,(H,26,29)(H2,23,24,25,27)/t14-/m0/s1. The summed E-state index contributed by atoms with van der Waals surface area (Å²) in [5.41, 5.74) is 2.75. The van der Waals surface area contributed by atoms with Crippen LogP contribution in [-0.4, -0.2) is 65.7 Å². The summed E-state index contributed by atoms with van der Waals surface area (Å²) in [7, 11) is 3.64. The van der Waals surface area contributed by atoms with Gasteiger partial charge in [0.25, 0.3) is 5.91 Å². The molecule has 1 aliphatic heterocycles. The van der Waals surface area contributed by atoms with E-state index in [1.165, 1.54) is 11.9 Å². The molecule has 9 nitrogen and oxygen atoms in total. The van der Waals surface area contributed by atoms with Gasteiger partial charge >= 0.3 is 0 Å². The zero-order valence-electron chi connectivity index (χ0n) is 18.1. The molecule has 0 radical (unpaired) electrons. The molecule has 9 heteroatoms. The van der Waals surface area contributed by atoms with Crippen LogP contribution in [0.3, 0.4) is 0 Å². The van der Waals surface area contributed by atoms with Crippen LogP contribution in [0.4, 0.5) is 11.5 Å². The Bertz CT molecular complexity index is 1070. The summed E-state index contributed by atoms with van der Waals surface area (Å²) in [6.45, 7) is 3.58. The van der Waals surface area contributed by atoms with E-state index in [2.05, 4.69) is 37.5 Å². The van der Waals surface area contributed by atoms with Crippen LogP contribution >= 0.6 is 0 Å². The van der Waals surface area contributed by atoms with Crippen molar-refractivity contribution in [2.24, 2.45) is 0 Å². The lowest BCUT2D eigenvalue weighted by molar-refractivity contribution is -0.123. The number of benzene rings is 1. The molecule has 1 aromatic carbocycles. The summed E-state index contributed by atoms with van der Waals surface area (Å²) in [5.74, 6) is 1.59. The third-order valence-corrected chi connectivity index (χ3v) is 5.32. The van der Waals surface area contributed by atoms with Crippen LogP contribution in [0, 0.1) is 0 Å². The van der Waals surface area contributed by atoms with Crippen LogP contribution < -0.4 is 20.1 Å². The van der Waals surface area contributed by atoms with Crippen LogP contribution in [-0.2, 0) is 11.2 Å². The van der Waals surface area contributed by atoms with Crippen molar-refractivity contribution in [3.8, 4) is 11.5 Å². The minimum Gasteiger partial charge on any atom is -0.493 e. The maximum absolute atomic E-state index is 12.4. The summed E-state index contributed by atoms with van der Waals surface area (Å²) in [6.07, 6.45) is 5.41. The van der Waals surface area contributed by atoms with Gasteiger partial charge in [0.2, 0.25) is 0 Å². The van der Waals surface area contributed by atoms with E-state index in [4.69, 9.17) is 9.47 Å². The Hall–Kier alpha value is -3.33. The average molecular weight is 425 g/mol. The number of ether oxygens (including phenoxy) is 2. The molecule has 3 N–H and O–H groups in total. The van der Waals surface area contributed by atoms with Crippen LogP contribution in [0.5, 0.6) is 11.5 Å². The first kappa shape index (κ1) is 20.9. The molecule has 2 aromatic heterocycles. The number of amides is 1. The van der Waals surface area contributed by atoms with E-state index in [1.807, 2.05) is 25.3 Å². The number of hydrogen-bond donors (Lipinski definition) is 3. The molecular formula is C22H28N6O3. The van der Waals surface area contributed by atoms with Crippen molar-refractivity contribution in [1.29, 1.82) is 0 Å². The number of carbonyl (C=O) groups excluding carboxylic acids is 1. The molecule has 0 unspecified atom stereocenters. The molecule has 0 fully saturated rings. The topological polar surface area (TPSA) is 104 Å². The fourth-order valence-electron chi connectivity index (χ4n) is 3.93. The summed E-state index contributed by atoms with van der Waals surface area (Å²) in [4.78, 5) is 26.7.